The molecule has 0 aliphatic rings. The summed E-state index contributed by atoms with van der Waals surface area (Å²) in [6.45, 7) is 2.91. The van der Waals surface area contributed by atoms with Crippen LogP contribution in [0.15, 0.2) is 54.6 Å². The molecule has 0 bridgehead atoms. The van der Waals surface area contributed by atoms with Gasteiger partial charge in [0, 0.05) is 16.9 Å². The number of fused-ring (bicyclic) bond motifs is 1. The fourth-order valence-corrected chi connectivity index (χ4v) is 3.04. The van der Waals surface area contributed by atoms with Crippen molar-refractivity contribution in [2.75, 3.05) is 0 Å². The van der Waals surface area contributed by atoms with E-state index >= 15 is 0 Å². The molecule has 118 valence electrons. The van der Waals surface area contributed by atoms with Crippen LogP contribution in [0.2, 0.25) is 0 Å². The van der Waals surface area contributed by atoms with E-state index in [1.54, 1.807) is 4.57 Å². The Bertz CT molecular complexity index is 894. The van der Waals surface area contributed by atoms with Crippen LogP contribution in [0.1, 0.15) is 17.3 Å². The highest BCUT2D eigenvalue weighted by atomic mass is 79.9. The van der Waals surface area contributed by atoms with Crippen molar-refractivity contribution in [2.45, 2.75) is 24.8 Å². The van der Waals surface area contributed by atoms with Gasteiger partial charge in [0.15, 0.2) is 5.78 Å². The minimum absolute atomic E-state index is 0.0129. The van der Waals surface area contributed by atoms with E-state index in [9.17, 15) is 4.79 Å². The van der Waals surface area contributed by atoms with Crippen LogP contribution >= 0.6 is 15.9 Å². The molecule has 0 saturated carbocycles. The lowest BCUT2D eigenvalue weighted by Crippen LogP contribution is -2.28. The molecular weight excluding hydrogens is 354 g/mol. The van der Waals surface area contributed by atoms with Crippen molar-refractivity contribution in [2.24, 2.45) is 0 Å². The third-order valence-electron chi connectivity index (χ3n) is 3.81. The molecule has 0 spiro atoms. The Morgan fingerprint density at radius 2 is 1.61 bits per heavy atom. The molecule has 1 atom stereocenters. The maximum atomic E-state index is 12.5. The Morgan fingerprint density at radius 1 is 1.04 bits per heavy atom. The minimum atomic E-state index is 0.0129. The van der Waals surface area contributed by atoms with Crippen molar-refractivity contribution in [3.05, 3.63) is 65.8 Å². The smallest absolute Gasteiger partial charge is 0.203 e. The highest BCUT2D eigenvalue weighted by Crippen LogP contribution is 2.15. The Labute approximate surface area is 143 Å². The zero-order valence-electron chi connectivity index (χ0n) is 12.9. The number of hydrogen-bond donors (Lipinski definition) is 1. The number of rotatable bonds is 5. The van der Waals surface area contributed by atoms with Crippen molar-refractivity contribution in [1.82, 2.24) is 9.13 Å². The molecule has 0 saturated heterocycles. The van der Waals surface area contributed by atoms with E-state index in [-0.39, 0.29) is 17.2 Å². The molecule has 5 heteroatoms. The highest BCUT2D eigenvalue weighted by molar-refractivity contribution is 9.09. The van der Waals surface area contributed by atoms with Crippen LogP contribution in [-0.2, 0) is 13.1 Å². The van der Waals surface area contributed by atoms with E-state index in [0.717, 1.165) is 11.0 Å². The summed E-state index contributed by atoms with van der Waals surface area (Å²) in [4.78, 5) is 12.8. The molecule has 0 aliphatic heterocycles. The number of nitrogens with zero attached hydrogens (tertiary/aromatic N) is 2. The van der Waals surface area contributed by atoms with E-state index < -0.39 is 0 Å². The second-order valence-corrected chi connectivity index (χ2v) is 7.14. The van der Waals surface area contributed by atoms with Crippen LogP contribution in [0.5, 0.6) is 0 Å². The van der Waals surface area contributed by atoms with Crippen LogP contribution in [0.25, 0.3) is 11.0 Å². The normalized spacial score (nSPS) is 12.4. The summed E-state index contributed by atoms with van der Waals surface area (Å²) in [6, 6.07) is 17.1. The van der Waals surface area contributed by atoms with E-state index in [1.165, 1.54) is 0 Å². The SMILES string of the molecule is CC(Br)Cn1c(=N)n(CC(=O)c2ccccc2)c2ccccc21. The number of para-hydroxylation sites is 2. The van der Waals surface area contributed by atoms with Crippen LogP contribution in [-0.4, -0.2) is 19.7 Å². The Morgan fingerprint density at radius 3 is 2.22 bits per heavy atom. The molecule has 0 fully saturated rings. The molecule has 23 heavy (non-hydrogen) atoms. The third-order valence-corrected chi connectivity index (χ3v) is 4.10. The number of carbonyl (C=O) groups excluding carboxylic acids is 1. The molecule has 3 aromatic rings. The summed E-state index contributed by atoms with van der Waals surface area (Å²) in [7, 11) is 0. The number of halogens is 1. The van der Waals surface area contributed by atoms with Gasteiger partial charge in [0.1, 0.15) is 0 Å². The number of alkyl halides is 1. The van der Waals surface area contributed by atoms with Crippen LogP contribution in [0.3, 0.4) is 0 Å². The quantitative estimate of drug-likeness (QED) is 0.540. The van der Waals surface area contributed by atoms with Gasteiger partial charge in [0.25, 0.3) is 0 Å². The summed E-state index contributed by atoms with van der Waals surface area (Å²) < 4.78 is 3.72. The zero-order valence-corrected chi connectivity index (χ0v) is 14.5. The van der Waals surface area contributed by atoms with Crippen molar-refractivity contribution < 1.29 is 4.79 Å². The second-order valence-electron chi connectivity index (χ2n) is 5.58. The first-order valence-corrected chi connectivity index (χ1v) is 8.44. The van der Waals surface area contributed by atoms with Crippen molar-refractivity contribution in [3.8, 4) is 0 Å². The standard InChI is InChI=1S/C18H18BrN3O/c1-13(19)11-21-15-9-5-6-10-16(15)22(18(21)20)12-17(23)14-7-3-2-4-8-14/h2-10,13,20H,11-12H2,1H3. The zero-order chi connectivity index (χ0) is 16.4. The van der Waals surface area contributed by atoms with Gasteiger partial charge in [-0.3, -0.25) is 10.2 Å². The van der Waals surface area contributed by atoms with Crippen molar-refractivity contribution in [3.63, 3.8) is 0 Å². The number of benzene rings is 2. The van der Waals surface area contributed by atoms with Crippen molar-refractivity contribution >= 4 is 32.7 Å². The molecule has 1 aromatic heterocycles. The van der Waals surface area contributed by atoms with Gasteiger partial charge in [0.05, 0.1) is 17.6 Å². The first-order valence-electron chi connectivity index (χ1n) is 7.53. The summed E-state index contributed by atoms with van der Waals surface area (Å²) in [5.41, 5.74) is 2.91. The van der Waals surface area contributed by atoms with Crippen LogP contribution < -0.4 is 5.62 Å². The fourth-order valence-electron chi connectivity index (χ4n) is 2.75. The largest absolute Gasteiger partial charge is 0.309 e. The molecular formula is C18H18BrN3O. The summed E-state index contributed by atoms with van der Waals surface area (Å²) in [5.74, 6) is 0.0129. The molecule has 0 amide bonds. The Balaban J connectivity index is 2.06. The number of ketones is 1. The maximum Gasteiger partial charge on any atom is 0.203 e. The monoisotopic (exact) mass is 371 g/mol. The van der Waals surface area contributed by atoms with Crippen LogP contribution in [0, 0.1) is 5.41 Å². The van der Waals surface area contributed by atoms with Crippen LogP contribution in [0.4, 0.5) is 0 Å². The van der Waals surface area contributed by atoms with Gasteiger partial charge in [-0.25, -0.2) is 0 Å². The number of Topliss-reactive ketones (excluding diaryl/α,β-unsaturated/α-hetero) is 1. The Kier molecular flexibility index (Phi) is 4.48. The predicted molar refractivity (Wildman–Crippen MR) is 94.9 cm³/mol. The number of carbonyl (C=O) groups is 1. The fraction of sp³-hybridized carbons (Fsp3) is 0.222. The molecule has 1 heterocycles. The Hall–Kier alpha value is -2.14. The lowest BCUT2D eigenvalue weighted by molar-refractivity contribution is 0.0971. The van der Waals surface area contributed by atoms with Crippen molar-refractivity contribution in [1.29, 1.82) is 5.41 Å². The minimum Gasteiger partial charge on any atom is -0.309 e. The summed E-state index contributed by atoms with van der Waals surface area (Å²) in [6.07, 6.45) is 0. The van der Waals surface area contributed by atoms with E-state index in [4.69, 9.17) is 5.41 Å². The van der Waals surface area contributed by atoms with Gasteiger partial charge in [-0.1, -0.05) is 65.3 Å². The van der Waals surface area contributed by atoms with Gasteiger partial charge >= 0.3 is 0 Å². The molecule has 3 rings (SSSR count). The lowest BCUT2D eigenvalue weighted by Gasteiger charge is -2.06. The molecule has 4 nitrogen and oxygen atoms in total. The average Bonchev–Trinajstić information content (AvgIpc) is 2.81. The molecule has 2 aromatic carbocycles. The van der Waals surface area contributed by atoms with E-state index in [2.05, 4.69) is 15.9 Å². The topological polar surface area (TPSA) is 50.8 Å². The third kappa shape index (κ3) is 3.15. The van der Waals surface area contributed by atoms with Gasteiger partial charge in [-0.05, 0) is 12.1 Å². The van der Waals surface area contributed by atoms with Gasteiger partial charge in [0.2, 0.25) is 5.62 Å². The van der Waals surface area contributed by atoms with Gasteiger partial charge < -0.3 is 9.13 Å². The second kappa shape index (κ2) is 6.54. The van der Waals surface area contributed by atoms with E-state index in [0.29, 0.717) is 17.7 Å². The number of hydrogen-bond acceptors (Lipinski definition) is 2. The van der Waals surface area contributed by atoms with Gasteiger partial charge in [-0.2, -0.15) is 0 Å². The number of imidazole rings is 1. The molecule has 0 radical (unpaired) electrons. The average molecular weight is 372 g/mol. The predicted octanol–water partition coefficient (Wildman–Crippen LogP) is 3.59. The maximum absolute atomic E-state index is 12.5. The lowest BCUT2D eigenvalue weighted by atomic mass is 10.1. The molecule has 0 aliphatic carbocycles. The molecule has 1 N–H and O–H groups in total. The molecule has 1 unspecified atom stereocenters. The summed E-state index contributed by atoms with van der Waals surface area (Å²) in [5, 5.41) is 8.48. The van der Waals surface area contributed by atoms with E-state index in [1.807, 2.05) is 66.1 Å². The highest BCUT2D eigenvalue weighted by Gasteiger charge is 2.15. The summed E-state index contributed by atoms with van der Waals surface area (Å²) >= 11 is 3.55. The number of nitrogens with one attached hydrogen (secondary N) is 1. The first kappa shape index (κ1) is 15.7. The van der Waals surface area contributed by atoms with Gasteiger partial charge in [-0.15, -0.1) is 0 Å². The first-order chi connectivity index (χ1) is 11.1. The number of aromatic nitrogens is 2.